The average Bonchev–Trinajstić information content (AvgIpc) is 2.82. The minimum Gasteiger partial charge on any atom is -0.372 e. The molecule has 0 aliphatic rings. The van der Waals surface area contributed by atoms with Crippen molar-refractivity contribution in [2.45, 2.75) is 0 Å². The quantitative estimate of drug-likeness (QED) is 0.723. The van der Waals surface area contributed by atoms with Crippen LogP contribution in [-0.4, -0.2) is 26.9 Å². The molecule has 0 spiro atoms. The van der Waals surface area contributed by atoms with E-state index < -0.39 is 0 Å². The van der Waals surface area contributed by atoms with Gasteiger partial charge in [-0.3, -0.25) is 0 Å². The molecule has 2 heterocycles. The maximum absolute atomic E-state index is 4.41. The first-order valence-electron chi connectivity index (χ1n) is 5.34. The molecule has 1 N–H and O–H groups in total. The largest absolute Gasteiger partial charge is 0.372 e. The van der Waals surface area contributed by atoms with Gasteiger partial charge in [0, 0.05) is 12.6 Å². The summed E-state index contributed by atoms with van der Waals surface area (Å²) in [6.45, 7) is 0. The molecule has 0 unspecified atom stereocenters. The Morgan fingerprint density at radius 1 is 1.00 bits per heavy atom. The number of rotatable bonds is 2. The minimum absolute atomic E-state index is 0.739. The van der Waals surface area contributed by atoms with Crippen molar-refractivity contribution in [3.63, 3.8) is 0 Å². The molecule has 0 saturated carbocycles. The van der Waals surface area contributed by atoms with E-state index in [2.05, 4.69) is 20.6 Å². The Morgan fingerprint density at radius 2 is 1.82 bits per heavy atom. The normalized spacial score (nSPS) is 10.6. The predicted molar refractivity (Wildman–Crippen MR) is 65.8 cm³/mol. The topological polar surface area (TPSA) is 55.1 Å². The number of hydrogen-bond donors (Lipinski definition) is 1. The van der Waals surface area contributed by atoms with Gasteiger partial charge in [0.25, 0.3) is 0 Å². The minimum atomic E-state index is 0.739. The van der Waals surface area contributed by atoms with Crippen LogP contribution in [0.4, 0.5) is 5.82 Å². The van der Waals surface area contributed by atoms with Gasteiger partial charge in [-0.15, -0.1) is 15.3 Å². The van der Waals surface area contributed by atoms with Gasteiger partial charge in [-0.25, -0.2) is 0 Å². The van der Waals surface area contributed by atoms with E-state index in [9.17, 15) is 0 Å². The highest BCUT2D eigenvalue weighted by atomic mass is 15.4. The van der Waals surface area contributed by atoms with Crippen LogP contribution in [0.5, 0.6) is 0 Å². The van der Waals surface area contributed by atoms with Crippen molar-refractivity contribution in [2.24, 2.45) is 0 Å². The second-order valence-electron chi connectivity index (χ2n) is 3.63. The molecule has 0 radical (unpaired) electrons. The SMILES string of the molecule is CNc1ccc2nnc(-c3ccccc3)n2n1. The third-order valence-corrected chi connectivity index (χ3v) is 2.55. The molecule has 0 atom stereocenters. The molecule has 0 aliphatic carbocycles. The van der Waals surface area contributed by atoms with Crippen LogP contribution in [-0.2, 0) is 0 Å². The molecule has 2 aromatic heterocycles. The van der Waals surface area contributed by atoms with Gasteiger partial charge in [-0.2, -0.15) is 4.52 Å². The molecule has 0 fully saturated rings. The van der Waals surface area contributed by atoms with Crippen LogP contribution in [0.1, 0.15) is 0 Å². The van der Waals surface area contributed by atoms with Crippen LogP contribution >= 0.6 is 0 Å². The molecule has 5 nitrogen and oxygen atoms in total. The first-order valence-corrected chi connectivity index (χ1v) is 5.34. The van der Waals surface area contributed by atoms with Gasteiger partial charge >= 0.3 is 0 Å². The van der Waals surface area contributed by atoms with Crippen LogP contribution in [0.15, 0.2) is 42.5 Å². The molecule has 3 rings (SSSR count). The highest BCUT2D eigenvalue weighted by molar-refractivity contribution is 5.59. The maximum atomic E-state index is 4.41. The van der Waals surface area contributed by atoms with E-state index in [0.29, 0.717) is 0 Å². The van der Waals surface area contributed by atoms with Crippen LogP contribution in [0.25, 0.3) is 17.0 Å². The second-order valence-corrected chi connectivity index (χ2v) is 3.63. The summed E-state index contributed by atoms with van der Waals surface area (Å²) in [5.41, 5.74) is 1.74. The van der Waals surface area contributed by atoms with Gasteiger partial charge in [0.2, 0.25) is 0 Å². The number of fused-ring (bicyclic) bond motifs is 1. The second kappa shape index (κ2) is 3.86. The molecular formula is C12H11N5. The first-order chi connectivity index (χ1) is 8.38. The Kier molecular flexibility index (Phi) is 2.22. The highest BCUT2D eigenvalue weighted by Crippen LogP contribution is 2.17. The highest BCUT2D eigenvalue weighted by Gasteiger charge is 2.08. The fraction of sp³-hybridized carbons (Fsp3) is 0.0833. The molecule has 1 aromatic carbocycles. The zero-order chi connectivity index (χ0) is 11.7. The Hall–Kier alpha value is -2.43. The lowest BCUT2D eigenvalue weighted by Gasteiger charge is -2.01. The predicted octanol–water partition coefficient (Wildman–Crippen LogP) is 1.83. The summed E-state index contributed by atoms with van der Waals surface area (Å²) in [5, 5.41) is 15.7. The van der Waals surface area contributed by atoms with Crippen molar-refractivity contribution in [1.82, 2.24) is 19.8 Å². The van der Waals surface area contributed by atoms with Crippen LogP contribution in [0, 0.1) is 0 Å². The zero-order valence-corrected chi connectivity index (χ0v) is 9.33. The molecule has 3 aromatic rings. The number of hydrogen-bond acceptors (Lipinski definition) is 4. The van der Waals surface area contributed by atoms with Crippen molar-refractivity contribution < 1.29 is 0 Å². The Morgan fingerprint density at radius 3 is 2.59 bits per heavy atom. The molecule has 0 amide bonds. The summed E-state index contributed by atoms with van der Waals surface area (Å²) in [7, 11) is 1.83. The van der Waals surface area contributed by atoms with Crippen molar-refractivity contribution in [1.29, 1.82) is 0 Å². The summed E-state index contributed by atoms with van der Waals surface area (Å²) in [6, 6.07) is 13.7. The van der Waals surface area contributed by atoms with Crippen molar-refractivity contribution in [3.8, 4) is 11.4 Å². The lowest BCUT2D eigenvalue weighted by Crippen LogP contribution is -1.99. The van der Waals surface area contributed by atoms with E-state index in [1.165, 1.54) is 0 Å². The van der Waals surface area contributed by atoms with Gasteiger partial charge in [0.15, 0.2) is 11.5 Å². The van der Waals surface area contributed by atoms with E-state index in [4.69, 9.17) is 0 Å². The molecule has 0 aliphatic heterocycles. The summed E-state index contributed by atoms with van der Waals surface area (Å²) < 4.78 is 1.74. The Balaban J connectivity index is 2.23. The van der Waals surface area contributed by atoms with Crippen molar-refractivity contribution >= 4 is 11.5 Å². The summed E-state index contributed by atoms with van der Waals surface area (Å²) in [6.07, 6.45) is 0. The third kappa shape index (κ3) is 1.61. The summed E-state index contributed by atoms with van der Waals surface area (Å²) in [5.74, 6) is 1.53. The standard InChI is InChI=1S/C12H11N5/c1-13-10-7-8-11-14-15-12(17(11)16-10)9-5-3-2-4-6-9/h2-8H,1H3,(H,13,16). The monoisotopic (exact) mass is 225 g/mol. The fourth-order valence-electron chi connectivity index (χ4n) is 1.69. The molecular weight excluding hydrogens is 214 g/mol. The van der Waals surface area contributed by atoms with Gasteiger partial charge in [0.05, 0.1) is 0 Å². The van der Waals surface area contributed by atoms with Gasteiger partial charge < -0.3 is 5.32 Å². The van der Waals surface area contributed by atoms with E-state index in [1.54, 1.807) is 4.52 Å². The van der Waals surface area contributed by atoms with E-state index in [0.717, 1.165) is 22.9 Å². The van der Waals surface area contributed by atoms with Crippen LogP contribution < -0.4 is 5.32 Å². The summed E-state index contributed by atoms with van der Waals surface area (Å²) >= 11 is 0. The maximum Gasteiger partial charge on any atom is 0.185 e. The van der Waals surface area contributed by atoms with Crippen LogP contribution in [0.2, 0.25) is 0 Å². The van der Waals surface area contributed by atoms with Gasteiger partial charge in [-0.1, -0.05) is 30.3 Å². The zero-order valence-electron chi connectivity index (χ0n) is 9.33. The number of benzene rings is 1. The van der Waals surface area contributed by atoms with Gasteiger partial charge in [0.1, 0.15) is 5.82 Å². The molecule has 84 valence electrons. The average molecular weight is 225 g/mol. The molecule has 17 heavy (non-hydrogen) atoms. The lowest BCUT2D eigenvalue weighted by atomic mass is 10.2. The number of nitrogens with zero attached hydrogens (tertiary/aromatic N) is 4. The third-order valence-electron chi connectivity index (χ3n) is 2.55. The molecule has 0 saturated heterocycles. The molecule has 5 heteroatoms. The van der Waals surface area contributed by atoms with Crippen molar-refractivity contribution in [3.05, 3.63) is 42.5 Å². The number of anilines is 1. The lowest BCUT2D eigenvalue weighted by molar-refractivity contribution is 0.938. The van der Waals surface area contributed by atoms with Gasteiger partial charge in [-0.05, 0) is 12.1 Å². The van der Waals surface area contributed by atoms with E-state index >= 15 is 0 Å². The Labute approximate surface area is 98.1 Å². The summed E-state index contributed by atoms with van der Waals surface area (Å²) in [4.78, 5) is 0. The smallest absolute Gasteiger partial charge is 0.185 e. The van der Waals surface area contributed by atoms with E-state index in [-0.39, 0.29) is 0 Å². The number of nitrogens with one attached hydrogen (secondary N) is 1. The van der Waals surface area contributed by atoms with Crippen molar-refractivity contribution in [2.75, 3.05) is 12.4 Å². The van der Waals surface area contributed by atoms with E-state index in [1.807, 2.05) is 49.5 Å². The Bertz CT molecular complexity index is 644. The number of aromatic nitrogens is 4. The fourth-order valence-corrected chi connectivity index (χ4v) is 1.69. The molecule has 0 bridgehead atoms. The van der Waals surface area contributed by atoms with Crippen LogP contribution in [0.3, 0.4) is 0 Å². The first kappa shape index (κ1) is 9.77.